The first kappa shape index (κ1) is 13.1. The number of hydrogen-bond donors (Lipinski definition) is 0. The van der Waals surface area contributed by atoms with Gasteiger partial charge in [0, 0.05) is 19.2 Å². The summed E-state index contributed by atoms with van der Waals surface area (Å²) in [6.07, 6.45) is 3.51. The molecule has 1 rings (SSSR count). The Morgan fingerprint density at radius 3 is 2.50 bits per heavy atom. The molecule has 0 saturated carbocycles. The third kappa shape index (κ3) is 3.03. The minimum absolute atomic E-state index is 0.619. The van der Waals surface area contributed by atoms with E-state index in [-0.39, 0.29) is 0 Å². The molecule has 0 aliphatic heterocycles. The van der Waals surface area contributed by atoms with E-state index >= 15 is 0 Å². The molecule has 0 amide bonds. The first-order valence-corrected chi connectivity index (χ1v) is 5.98. The van der Waals surface area contributed by atoms with Crippen LogP contribution in [0.5, 0.6) is 0 Å². The highest BCUT2D eigenvalue weighted by molar-refractivity contribution is 5.10. The number of nitrogens with zero attached hydrogens (tertiary/aromatic N) is 1. The Hall–Kier alpha value is -0.930. The molecular formula is C13H21NO2. The molecule has 0 aliphatic carbocycles. The van der Waals surface area contributed by atoms with E-state index in [9.17, 15) is 0 Å². The number of ether oxygens (including phenoxy) is 2. The summed E-state index contributed by atoms with van der Waals surface area (Å²) in [5, 5.41) is 0. The molecule has 16 heavy (non-hydrogen) atoms. The van der Waals surface area contributed by atoms with Crippen molar-refractivity contribution in [2.24, 2.45) is 0 Å². The van der Waals surface area contributed by atoms with Gasteiger partial charge in [0.1, 0.15) is 0 Å². The molecule has 0 fully saturated rings. The van der Waals surface area contributed by atoms with Crippen LogP contribution in [0.25, 0.3) is 0 Å². The van der Waals surface area contributed by atoms with Gasteiger partial charge < -0.3 is 9.47 Å². The monoisotopic (exact) mass is 223 g/mol. The fourth-order valence-electron chi connectivity index (χ4n) is 1.66. The smallest absolute Gasteiger partial charge is 0.211 e. The van der Waals surface area contributed by atoms with Crippen LogP contribution in [0.4, 0.5) is 0 Å². The molecule has 1 aromatic heterocycles. The molecule has 90 valence electrons. The zero-order valence-electron chi connectivity index (χ0n) is 10.4. The average Bonchev–Trinajstić information content (AvgIpc) is 2.36. The van der Waals surface area contributed by atoms with E-state index in [1.807, 2.05) is 25.1 Å². The molecule has 0 aliphatic rings. The molecule has 3 nitrogen and oxygen atoms in total. The molecule has 1 atom stereocenters. The normalized spacial score (nSPS) is 14.7. The van der Waals surface area contributed by atoms with Gasteiger partial charge in [-0.15, -0.1) is 0 Å². The molecule has 0 bridgehead atoms. The van der Waals surface area contributed by atoms with E-state index < -0.39 is 5.79 Å². The molecular weight excluding hydrogens is 202 g/mol. The molecule has 0 spiro atoms. The second-order valence-corrected chi connectivity index (χ2v) is 3.60. The number of hydrogen-bond acceptors (Lipinski definition) is 3. The predicted molar refractivity (Wildman–Crippen MR) is 64.1 cm³/mol. The van der Waals surface area contributed by atoms with Crippen molar-refractivity contribution in [1.29, 1.82) is 0 Å². The lowest BCUT2D eigenvalue weighted by Gasteiger charge is -2.31. The lowest BCUT2D eigenvalue weighted by molar-refractivity contribution is -0.249. The predicted octanol–water partition coefficient (Wildman–Crippen LogP) is 3.11. The van der Waals surface area contributed by atoms with Gasteiger partial charge in [0.2, 0.25) is 5.79 Å². The fourth-order valence-corrected chi connectivity index (χ4v) is 1.66. The van der Waals surface area contributed by atoms with Crippen LogP contribution in [-0.2, 0) is 15.3 Å². The Balaban J connectivity index is 2.92. The van der Waals surface area contributed by atoms with E-state index in [1.165, 1.54) is 0 Å². The maximum absolute atomic E-state index is 5.87. The van der Waals surface area contributed by atoms with Gasteiger partial charge in [0.25, 0.3) is 0 Å². The van der Waals surface area contributed by atoms with Gasteiger partial charge in [0.05, 0.1) is 12.3 Å². The molecule has 0 saturated heterocycles. The Labute approximate surface area is 97.8 Å². The van der Waals surface area contributed by atoms with Gasteiger partial charge >= 0.3 is 0 Å². The molecule has 0 radical (unpaired) electrons. The Bertz CT molecular complexity index is 289. The van der Waals surface area contributed by atoms with Crippen molar-refractivity contribution in [2.75, 3.05) is 13.2 Å². The maximum Gasteiger partial charge on any atom is 0.211 e. The third-order valence-electron chi connectivity index (χ3n) is 2.44. The summed E-state index contributed by atoms with van der Waals surface area (Å²) >= 11 is 0. The number of rotatable bonds is 7. The van der Waals surface area contributed by atoms with Crippen LogP contribution < -0.4 is 0 Å². The van der Waals surface area contributed by atoms with Crippen molar-refractivity contribution in [3.8, 4) is 0 Å². The Morgan fingerprint density at radius 2 is 2.00 bits per heavy atom. The minimum Gasteiger partial charge on any atom is -0.345 e. The summed E-state index contributed by atoms with van der Waals surface area (Å²) in [6, 6.07) is 5.81. The van der Waals surface area contributed by atoms with E-state index in [0.717, 1.165) is 18.5 Å². The van der Waals surface area contributed by atoms with Crippen molar-refractivity contribution in [1.82, 2.24) is 4.98 Å². The van der Waals surface area contributed by atoms with Gasteiger partial charge in [-0.3, -0.25) is 4.98 Å². The largest absolute Gasteiger partial charge is 0.345 e. The summed E-state index contributed by atoms with van der Waals surface area (Å²) < 4.78 is 11.7. The zero-order chi connectivity index (χ0) is 11.9. The summed E-state index contributed by atoms with van der Waals surface area (Å²) in [6.45, 7) is 7.42. The first-order chi connectivity index (χ1) is 7.79. The number of pyridine rings is 1. The molecule has 3 heteroatoms. The summed E-state index contributed by atoms with van der Waals surface area (Å²) in [4.78, 5) is 4.34. The third-order valence-corrected chi connectivity index (χ3v) is 2.44. The van der Waals surface area contributed by atoms with Gasteiger partial charge in [-0.1, -0.05) is 19.9 Å². The fraction of sp³-hybridized carbons (Fsp3) is 0.615. The van der Waals surface area contributed by atoms with Gasteiger partial charge in [-0.25, -0.2) is 0 Å². The van der Waals surface area contributed by atoms with E-state index in [1.54, 1.807) is 6.20 Å². The van der Waals surface area contributed by atoms with Crippen molar-refractivity contribution in [3.05, 3.63) is 30.1 Å². The van der Waals surface area contributed by atoms with Crippen LogP contribution >= 0.6 is 0 Å². The second-order valence-electron chi connectivity index (χ2n) is 3.60. The van der Waals surface area contributed by atoms with Crippen molar-refractivity contribution in [3.63, 3.8) is 0 Å². The van der Waals surface area contributed by atoms with Crippen LogP contribution in [0, 0.1) is 0 Å². The van der Waals surface area contributed by atoms with Crippen LogP contribution in [0.15, 0.2) is 24.4 Å². The van der Waals surface area contributed by atoms with Crippen molar-refractivity contribution in [2.45, 2.75) is 39.4 Å². The topological polar surface area (TPSA) is 31.4 Å². The second kappa shape index (κ2) is 6.61. The van der Waals surface area contributed by atoms with Crippen molar-refractivity contribution < 1.29 is 9.47 Å². The molecule has 1 unspecified atom stereocenters. The number of aromatic nitrogens is 1. The van der Waals surface area contributed by atoms with Crippen LogP contribution in [0.1, 0.15) is 39.3 Å². The minimum atomic E-state index is -0.675. The lowest BCUT2D eigenvalue weighted by Crippen LogP contribution is -2.34. The highest BCUT2D eigenvalue weighted by atomic mass is 16.7. The standard InChI is InChI=1S/C13H21NO2/c1-4-11-16-13(5-2,15-6-3)12-9-7-8-10-14-12/h7-10H,4-6,11H2,1-3H3. The van der Waals surface area contributed by atoms with E-state index in [0.29, 0.717) is 13.2 Å². The molecule has 0 N–H and O–H groups in total. The summed E-state index contributed by atoms with van der Waals surface area (Å²) in [7, 11) is 0. The van der Waals surface area contributed by atoms with Crippen LogP contribution in [0.3, 0.4) is 0 Å². The first-order valence-electron chi connectivity index (χ1n) is 5.98. The Kier molecular flexibility index (Phi) is 5.43. The zero-order valence-corrected chi connectivity index (χ0v) is 10.4. The maximum atomic E-state index is 5.87. The summed E-state index contributed by atoms with van der Waals surface area (Å²) in [5.74, 6) is -0.675. The average molecular weight is 223 g/mol. The SMILES string of the molecule is CCCOC(CC)(OCC)c1ccccn1. The van der Waals surface area contributed by atoms with Gasteiger partial charge in [0.15, 0.2) is 0 Å². The molecule has 0 aromatic carbocycles. The van der Waals surface area contributed by atoms with Gasteiger partial charge in [-0.05, 0) is 25.5 Å². The van der Waals surface area contributed by atoms with Crippen molar-refractivity contribution >= 4 is 0 Å². The molecule has 1 aromatic rings. The lowest BCUT2D eigenvalue weighted by atomic mass is 10.1. The van der Waals surface area contributed by atoms with E-state index in [2.05, 4.69) is 18.8 Å². The summed E-state index contributed by atoms with van der Waals surface area (Å²) in [5.41, 5.74) is 0.854. The van der Waals surface area contributed by atoms with E-state index in [4.69, 9.17) is 9.47 Å². The molecule has 1 heterocycles. The van der Waals surface area contributed by atoms with Crippen LogP contribution in [0.2, 0.25) is 0 Å². The highest BCUT2D eigenvalue weighted by Gasteiger charge is 2.33. The highest BCUT2D eigenvalue weighted by Crippen LogP contribution is 2.29. The van der Waals surface area contributed by atoms with Gasteiger partial charge in [-0.2, -0.15) is 0 Å². The quantitative estimate of drug-likeness (QED) is 0.665. The Morgan fingerprint density at radius 1 is 1.19 bits per heavy atom. The van der Waals surface area contributed by atoms with Crippen LogP contribution in [-0.4, -0.2) is 18.2 Å².